The molecule has 0 aliphatic carbocycles. The number of hydrogen-bond donors (Lipinski definition) is 1. The van der Waals surface area contributed by atoms with Crippen LogP contribution >= 0.6 is 11.6 Å². The number of carbonyl (C=O) groups excluding carboxylic acids is 1. The number of nitrogens with one attached hydrogen (secondary N) is 1. The molecule has 6 heteroatoms. The van der Waals surface area contributed by atoms with E-state index in [0.717, 1.165) is 24.3 Å². The van der Waals surface area contributed by atoms with E-state index in [1.807, 2.05) is 25.3 Å². The van der Waals surface area contributed by atoms with Crippen molar-refractivity contribution in [3.05, 3.63) is 46.7 Å². The molecule has 1 fully saturated rings. The zero-order valence-corrected chi connectivity index (χ0v) is 16.0. The third-order valence-electron chi connectivity index (χ3n) is 4.69. The van der Waals surface area contributed by atoms with Crippen LogP contribution in [0, 0.1) is 6.92 Å². The Morgan fingerprint density at radius 3 is 2.58 bits per heavy atom. The maximum absolute atomic E-state index is 12.7. The molecule has 1 aromatic carbocycles. The Morgan fingerprint density at radius 2 is 1.88 bits per heavy atom. The molecule has 26 heavy (non-hydrogen) atoms. The van der Waals surface area contributed by atoms with E-state index in [1.54, 1.807) is 19.4 Å². The Balaban J connectivity index is 1.80. The highest BCUT2D eigenvalue weighted by molar-refractivity contribution is 6.31. The van der Waals surface area contributed by atoms with Crippen LogP contribution in [0.4, 0.5) is 11.4 Å². The number of nitrogens with zero attached hydrogens (tertiary/aromatic N) is 2. The van der Waals surface area contributed by atoms with Gasteiger partial charge in [-0.25, -0.2) is 0 Å². The first-order valence-electron chi connectivity index (χ1n) is 8.94. The Bertz CT molecular complexity index is 787. The summed E-state index contributed by atoms with van der Waals surface area (Å²) in [5, 5.41) is 3.51. The number of anilines is 2. The van der Waals surface area contributed by atoms with Gasteiger partial charge in [0.2, 0.25) is 0 Å². The highest BCUT2D eigenvalue weighted by Crippen LogP contribution is 2.31. The molecular formula is C20H24ClN3O2. The van der Waals surface area contributed by atoms with Crippen molar-refractivity contribution in [1.82, 2.24) is 4.98 Å². The topological polar surface area (TPSA) is 54.5 Å². The first-order valence-corrected chi connectivity index (χ1v) is 9.32. The van der Waals surface area contributed by atoms with Crippen molar-refractivity contribution < 1.29 is 9.53 Å². The molecule has 1 N–H and O–H groups in total. The summed E-state index contributed by atoms with van der Waals surface area (Å²) in [6.45, 7) is 3.91. The van der Waals surface area contributed by atoms with Crippen LogP contribution < -0.4 is 15.0 Å². The van der Waals surface area contributed by atoms with Crippen LogP contribution in [-0.2, 0) is 0 Å². The van der Waals surface area contributed by atoms with E-state index >= 15 is 0 Å². The number of pyridine rings is 1. The maximum atomic E-state index is 12.7. The molecule has 5 nitrogen and oxygen atoms in total. The van der Waals surface area contributed by atoms with Gasteiger partial charge in [0.05, 0.1) is 30.2 Å². The van der Waals surface area contributed by atoms with Crippen LogP contribution in [0.2, 0.25) is 5.02 Å². The van der Waals surface area contributed by atoms with E-state index in [0.29, 0.717) is 22.0 Å². The standard InChI is InChI=1S/C20H24ClN3O2/c1-14-9-18(19(26-2)11-17(14)21)23-20(25)15-10-16(13-22-12-15)24-7-5-3-4-6-8-24/h9-13H,3-8H2,1-2H3,(H,23,25). The van der Waals surface area contributed by atoms with Gasteiger partial charge < -0.3 is 15.0 Å². The third kappa shape index (κ3) is 4.28. The van der Waals surface area contributed by atoms with Crippen molar-refractivity contribution in [2.24, 2.45) is 0 Å². The molecule has 2 aromatic rings. The molecule has 1 aliphatic rings. The highest BCUT2D eigenvalue weighted by atomic mass is 35.5. The summed E-state index contributed by atoms with van der Waals surface area (Å²) in [4.78, 5) is 19.3. The van der Waals surface area contributed by atoms with Crippen molar-refractivity contribution in [3.8, 4) is 5.75 Å². The number of benzene rings is 1. The summed E-state index contributed by atoms with van der Waals surface area (Å²) < 4.78 is 5.33. The molecule has 0 spiro atoms. The second kappa shape index (κ2) is 8.41. The monoisotopic (exact) mass is 373 g/mol. The predicted octanol–water partition coefficient (Wildman–Crippen LogP) is 4.68. The minimum atomic E-state index is -0.214. The number of aryl methyl sites for hydroxylation is 1. The zero-order chi connectivity index (χ0) is 18.5. The lowest BCUT2D eigenvalue weighted by atomic mass is 10.2. The summed E-state index contributed by atoms with van der Waals surface area (Å²) in [5.74, 6) is 0.319. The zero-order valence-electron chi connectivity index (χ0n) is 15.2. The summed E-state index contributed by atoms with van der Waals surface area (Å²) in [5.41, 5.74) is 3.00. The molecular weight excluding hydrogens is 350 g/mol. The fourth-order valence-electron chi connectivity index (χ4n) is 3.18. The lowest BCUT2D eigenvalue weighted by molar-refractivity contribution is 0.102. The van der Waals surface area contributed by atoms with E-state index in [-0.39, 0.29) is 5.91 Å². The molecule has 1 amide bonds. The van der Waals surface area contributed by atoms with E-state index < -0.39 is 0 Å². The van der Waals surface area contributed by atoms with Gasteiger partial charge in [-0.3, -0.25) is 9.78 Å². The fourth-order valence-corrected chi connectivity index (χ4v) is 3.33. The summed E-state index contributed by atoms with van der Waals surface area (Å²) in [7, 11) is 1.55. The minimum Gasteiger partial charge on any atom is -0.495 e. The maximum Gasteiger partial charge on any atom is 0.257 e. The number of halogens is 1. The Kier molecular flexibility index (Phi) is 5.99. The molecule has 0 saturated carbocycles. The van der Waals surface area contributed by atoms with E-state index in [2.05, 4.69) is 15.2 Å². The second-order valence-corrected chi connectivity index (χ2v) is 7.00. The Morgan fingerprint density at radius 1 is 1.15 bits per heavy atom. The molecule has 138 valence electrons. The highest BCUT2D eigenvalue weighted by Gasteiger charge is 2.15. The molecule has 1 saturated heterocycles. The molecule has 2 heterocycles. The molecule has 3 rings (SSSR count). The van der Waals surface area contributed by atoms with Crippen LogP contribution in [0.25, 0.3) is 0 Å². The van der Waals surface area contributed by atoms with E-state index in [1.165, 1.54) is 25.7 Å². The van der Waals surface area contributed by atoms with E-state index in [4.69, 9.17) is 16.3 Å². The average Bonchev–Trinajstić information content (AvgIpc) is 2.94. The smallest absolute Gasteiger partial charge is 0.257 e. The van der Waals surface area contributed by atoms with Crippen LogP contribution in [0.3, 0.4) is 0 Å². The van der Waals surface area contributed by atoms with Gasteiger partial charge in [-0.15, -0.1) is 0 Å². The predicted molar refractivity (Wildman–Crippen MR) is 106 cm³/mol. The summed E-state index contributed by atoms with van der Waals surface area (Å²) in [6.07, 6.45) is 8.30. The van der Waals surface area contributed by atoms with Crippen molar-refractivity contribution >= 4 is 28.9 Å². The number of amides is 1. The van der Waals surface area contributed by atoms with Gasteiger partial charge in [0.15, 0.2) is 0 Å². The molecule has 1 aromatic heterocycles. The average molecular weight is 374 g/mol. The van der Waals surface area contributed by atoms with Gasteiger partial charge >= 0.3 is 0 Å². The van der Waals surface area contributed by atoms with Crippen molar-refractivity contribution in [2.45, 2.75) is 32.6 Å². The summed E-state index contributed by atoms with van der Waals surface area (Å²) >= 11 is 6.13. The van der Waals surface area contributed by atoms with Crippen LogP contribution in [-0.4, -0.2) is 31.1 Å². The van der Waals surface area contributed by atoms with Gasteiger partial charge in [-0.1, -0.05) is 24.4 Å². The van der Waals surface area contributed by atoms with E-state index in [9.17, 15) is 4.79 Å². The third-order valence-corrected chi connectivity index (χ3v) is 5.09. The van der Waals surface area contributed by atoms with Gasteiger partial charge in [0.1, 0.15) is 5.75 Å². The first kappa shape index (κ1) is 18.5. The number of ether oxygens (including phenoxy) is 1. The normalized spacial score (nSPS) is 14.7. The molecule has 0 atom stereocenters. The van der Waals surface area contributed by atoms with Crippen LogP contribution in [0.1, 0.15) is 41.6 Å². The fraction of sp³-hybridized carbons (Fsp3) is 0.400. The second-order valence-electron chi connectivity index (χ2n) is 6.59. The Hall–Kier alpha value is -2.27. The quantitative estimate of drug-likeness (QED) is 0.845. The minimum absolute atomic E-state index is 0.214. The van der Waals surface area contributed by atoms with Crippen LogP contribution in [0.5, 0.6) is 5.75 Å². The van der Waals surface area contributed by atoms with Gasteiger partial charge in [0, 0.05) is 30.4 Å². The lowest BCUT2D eigenvalue weighted by Gasteiger charge is -2.22. The lowest BCUT2D eigenvalue weighted by Crippen LogP contribution is -2.24. The number of methoxy groups -OCH3 is 1. The van der Waals surface area contributed by atoms with Gasteiger partial charge in [-0.2, -0.15) is 0 Å². The SMILES string of the molecule is COc1cc(Cl)c(C)cc1NC(=O)c1cncc(N2CCCCCC2)c1. The molecule has 0 radical (unpaired) electrons. The molecule has 0 unspecified atom stereocenters. The molecule has 0 bridgehead atoms. The largest absolute Gasteiger partial charge is 0.495 e. The number of aromatic nitrogens is 1. The number of rotatable bonds is 4. The van der Waals surface area contributed by atoms with Gasteiger partial charge in [0.25, 0.3) is 5.91 Å². The number of carbonyl (C=O) groups is 1. The van der Waals surface area contributed by atoms with Crippen LogP contribution in [0.15, 0.2) is 30.6 Å². The van der Waals surface area contributed by atoms with Crippen molar-refractivity contribution in [3.63, 3.8) is 0 Å². The Labute approximate surface area is 159 Å². The molecule has 1 aliphatic heterocycles. The first-order chi connectivity index (χ1) is 12.6. The van der Waals surface area contributed by atoms with Crippen molar-refractivity contribution in [1.29, 1.82) is 0 Å². The number of hydrogen-bond acceptors (Lipinski definition) is 4. The van der Waals surface area contributed by atoms with Gasteiger partial charge in [-0.05, 0) is 37.5 Å². The van der Waals surface area contributed by atoms with Crippen molar-refractivity contribution in [2.75, 3.05) is 30.4 Å². The summed E-state index contributed by atoms with van der Waals surface area (Å²) in [6, 6.07) is 5.42.